The fraction of sp³-hybridized carbons (Fsp3) is 0.125. The highest BCUT2D eigenvalue weighted by molar-refractivity contribution is 5.54. The lowest BCUT2D eigenvalue weighted by Gasteiger charge is -2.02. The summed E-state index contributed by atoms with van der Waals surface area (Å²) in [6.45, 7) is 1.89. The minimum Gasteiger partial charge on any atom is -0.446 e. The zero-order valence-electron chi connectivity index (χ0n) is 6.29. The van der Waals surface area contributed by atoms with Crippen LogP contribution in [0.15, 0.2) is 18.2 Å². The maximum absolute atomic E-state index is 6.69. The Labute approximate surface area is 65.3 Å². The first-order chi connectivity index (χ1) is 5.24. The van der Waals surface area contributed by atoms with Crippen LogP contribution in [0.2, 0.25) is 0 Å². The van der Waals surface area contributed by atoms with Crippen LogP contribution in [0.25, 0.3) is 0 Å². The number of nitrogens with two attached hydrogens (primary N) is 1. The molecule has 0 bridgehead atoms. The molecule has 0 aliphatic carbocycles. The van der Waals surface area contributed by atoms with E-state index in [4.69, 9.17) is 15.9 Å². The highest BCUT2D eigenvalue weighted by Gasteiger charge is 1.94. The van der Waals surface area contributed by atoms with E-state index in [1.807, 2.05) is 6.92 Å². The summed E-state index contributed by atoms with van der Waals surface area (Å²) in [6.07, 6.45) is 0.894. The molecule has 0 aliphatic rings. The molecule has 58 valence electrons. The lowest BCUT2D eigenvalue weighted by Crippen LogP contribution is -1.92. The Kier molecular flexibility index (Phi) is 2.11. The van der Waals surface area contributed by atoms with Gasteiger partial charge in [-0.15, -0.1) is 0 Å². The summed E-state index contributed by atoms with van der Waals surface area (Å²) in [6, 6.07) is 5.28. The van der Waals surface area contributed by atoms with Crippen LogP contribution in [-0.4, -0.2) is 6.40 Å². The number of nitrogens with one attached hydrogen (secondary N) is 1. The van der Waals surface area contributed by atoms with Crippen LogP contribution in [0.4, 0.5) is 5.69 Å². The summed E-state index contributed by atoms with van der Waals surface area (Å²) in [7, 11) is 0. The van der Waals surface area contributed by atoms with Crippen molar-refractivity contribution in [3.8, 4) is 5.75 Å². The van der Waals surface area contributed by atoms with Gasteiger partial charge < -0.3 is 10.5 Å². The van der Waals surface area contributed by atoms with Gasteiger partial charge >= 0.3 is 0 Å². The van der Waals surface area contributed by atoms with E-state index in [2.05, 4.69) is 0 Å². The van der Waals surface area contributed by atoms with Crippen LogP contribution < -0.4 is 10.5 Å². The molecule has 3 N–H and O–H groups in total. The van der Waals surface area contributed by atoms with Crippen molar-refractivity contribution in [2.24, 2.45) is 0 Å². The van der Waals surface area contributed by atoms with Crippen molar-refractivity contribution in [3.05, 3.63) is 23.8 Å². The van der Waals surface area contributed by atoms with Crippen molar-refractivity contribution in [2.75, 3.05) is 5.73 Å². The maximum atomic E-state index is 6.69. The molecule has 0 radical (unpaired) electrons. The van der Waals surface area contributed by atoms with Gasteiger partial charge in [0.25, 0.3) is 0 Å². The lowest BCUT2D eigenvalue weighted by molar-refractivity contribution is 0.569. The summed E-state index contributed by atoms with van der Waals surface area (Å²) in [5.74, 6) is 0.645. The highest BCUT2D eigenvalue weighted by atomic mass is 16.5. The molecule has 0 aliphatic heterocycles. The van der Waals surface area contributed by atoms with Gasteiger partial charge in [-0.05, 0) is 30.7 Å². The molecule has 0 amide bonds. The standard InChI is InChI=1S/C8H10N2O/c1-6-4-7(11-5-9)2-3-8(6)10/h2-5,9H,10H2,1H3. The molecule has 0 aromatic heterocycles. The van der Waals surface area contributed by atoms with Crippen molar-refractivity contribution < 1.29 is 4.74 Å². The maximum Gasteiger partial charge on any atom is 0.173 e. The molecule has 0 spiro atoms. The van der Waals surface area contributed by atoms with E-state index in [-0.39, 0.29) is 0 Å². The van der Waals surface area contributed by atoms with Crippen LogP contribution in [-0.2, 0) is 0 Å². The van der Waals surface area contributed by atoms with Gasteiger partial charge in [-0.2, -0.15) is 0 Å². The SMILES string of the molecule is Cc1cc(OC=N)ccc1N. The Morgan fingerprint density at radius 3 is 2.82 bits per heavy atom. The van der Waals surface area contributed by atoms with Gasteiger partial charge in [0.05, 0.1) is 0 Å². The largest absolute Gasteiger partial charge is 0.446 e. The van der Waals surface area contributed by atoms with Gasteiger partial charge in [0.2, 0.25) is 0 Å². The van der Waals surface area contributed by atoms with E-state index in [1.54, 1.807) is 18.2 Å². The highest BCUT2D eigenvalue weighted by Crippen LogP contribution is 2.17. The zero-order chi connectivity index (χ0) is 8.27. The molecule has 0 heterocycles. The molecule has 0 unspecified atom stereocenters. The van der Waals surface area contributed by atoms with Gasteiger partial charge in [-0.1, -0.05) is 0 Å². The minimum absolute atomic E-state index is 0.645. The van der Waals surface area contributed by atoms with E-state index in [0.717, 1.165) is 17.7 Å². The van der Waals surface area contributed by atoms with Gasteiger partial charge in [0.1, 0.15) is 5.75 Å². The molecule has 11 heavy (non-hydrogen) atoms. The molecule has 0 saturated carbocycles. The number of hydrogen-bond acceptors (Lipinski definition) is 3. The molecule has 1 aromatic rings. The molecule has 1 rings (SSSR count). The monoisotopic (exact) mass is 150 g/mol. The van der Waals surface area contributed by atoms with Crippen LogP contribution in [0, 0.1) is 12.3 Å². The van der Waals surface area contributed by atoms with Crippen LogP contribution >= 0.6 is 0 Å². The predicted molar refractivity (Wildman–Crippen MR) is 45.0 cm³/mol. The molecule has 0 saturated heterocycles. The van der Waals surface area contributed by atoms with Crippen LogP contribution in [0.3, 0.4) is 0 Å². The first kappa shape index (κ1) is 7.60. The molecular formula is C8H10N2O. The Morgan fingerprint density at radius 1 is 1.55 bits per heavy atom. The van der Waals surface area contributed by atoms with E-state index in [9.17, 15) is 0 Å². The van der Waals surface area contributed by atoms with Crippen LogP contribution in [0.5, 0.6) is 5.75 Å². The third-order valence-electron chi connectivity index (χ3n) is 1.44. The molecule has 1 aromatic carbocycles. The lowest BCUT2D eigenvalue weighted by atomic mass is 10.2. The van der Waals surface area contributed by atoms with E-state index in [0.29, 0.717) is 5.75 Å². The topological polar surface area (TPSA) is 59.1 Å². The first-order valence-corrected chi connectivity index (χ1v) is 3.26. The average Bonchev–Trinajstić information content (AvgIpc) is 1.98. The van der Waals surface area contributed by atoms with E-state index in [1.165, 1.54) is 0 Å². The van der Waals surface area contributed by atoms with Gasteiger partial charge in [0, 0.05) is 5.69 Å². The summed E-state index contributed by atoms with van der Waals surface area (Å²) < 4.78 is 4.83. The Hall–Kier alpha value is -1.51. The number of anilines is 1. The summed E-state index contributed by atoms with van der Waals surface area (Å²) in [5.41, 5.74) is 7.27. The Bertz CT molecular complexity index is 271. The fourth-order valence-electron chi connectivity index (χ4n) is 0.790. The Morgan fingerprint density at radius 2 is 2.27 bits per heavy atom. The third kappa shape index (κ3) is 1.70. The Balaban J connectivity index is 2.95. The van der Waals surface area contributed by atoms with Crippen molar-refractivity contribution >= 4 is 12.1 Å². The summed E-state index contributed by atoms with van der Waals surface area (Å²) >= 11 is 0. The summed E-state index contributed by atoms with van der Waals surface area (Å²) in [5, 5.41) is 6.69. The minimum atomic E-state index is 0.645. The van der Waals surface area contributed by atoms with Crippen molar-refractivity contribution in [1.82, 2.24) is 0 Å². The van der Waals surface area contributed by atoms with E-state index >= 15 is 0 Å². The molecule has 3 nitrogen and oxygen atoms in total. The van der Waals surface area contributed by atoms with Gasteiger partial charge in [-0.3, -0.25) is 5.41 Å². The van der Waals surface area contributed by atoms with Gasteiger partial charge in [0.15, 0.2) is 6.40 Å². The number of nitrogen functional groups attached to an aromatic ring is 1. The molecular weight excluding hydrogens is 140 g/mol. The third-order valence-corrected chi connectivity index (χ3v) is 1.44. The first-order valence-electron chi connectivity index (χ1n) is 3.26. The number of aryl methyl sites for hydroxylation is 1. The number of benzene rings is 1. The van der Waals surface area contributed by atoms with Crippen molar-refractivity contribution in [2.45, 2.75) is 6.92 Å². The molecule has 0 atom stereocenters. The smallest absolute Gasteiger partial charge is 0.173 e. The average molecular weight is 150 g/mol. The van der Waals surface area contributed by atoms with E-state index < -0.39 is 0 Å². The normalized spacial score (nSPS) is 9.18. The van der Waals surface area contributed by atoms with Crippen LogP contribution in [0.1, 0.15) is 5.56 Å². The second-order valence-corrected chi connectivity index (χ2v) is 2.25. The van der Waals surface area contributed by atoms with Crippen molar-refractivity contribution in [3.63, 3.8) is 0 Å². The second-order valence-electron chi connectivity index (χ2n) is 2.25. The predicted octanol–water partition coefficient (Wildman–Crippen LogP) is 1.56. The quantitative estimate of drug-likeness (QED) is 0.382. The molecule has 3 heteroatoms. The number of rotatable bonds is 2. The number of hydrogen-bond donors (Lipinski definition) is 2. The zero-order valence-corrected chi connectivity index (χ0v) is 6.29. The van der Waals surface area contributed by atoms with Crippen molar-refractivity contribution in [1.29, 1.82) is 5.41 Å². The number of ether oxygens (including phenoxy) is 1. The fourth-order valence-corrected chi connectivity index (χ4v) is 0.790. The summed E-state index contributed by atoms with van der Waals surface area (Å²) in [4.78, 5) is 0. The van der Waals surface area contributed by atoms with Gasteiger partial charge in [-0.25, -0.2) is 0 Å². The molecule has 0 fully saturated rings. The second kappa shape index (κ2) is 3.05.